The van der Waals surface area contributed by atoms with Gasteiger partial charge in [0.05, 0.1) is 19.3 Å². The van der Waals surface area contributed by atoms with Gasteiger partial charge in [0.15, 0.2) is 0 Å². The van der Waals surface area contributed by atoms with Gasteiger partial charge in [-0.25, -0.2) is 4.98 Å². The lowest BCUT2D eigenvalue weighted by atomic mass is 10.0. The Morgan fingerprint density at radius 2 is 2.30 bits per heavy atom. The average Bonchev–Trinajstić information content (AvgIpc) is 2.89. The molecule has 2 rings (SSSR count). The summed E-state index contributed by atoms with van der Waals surface area (Å²) in [5, 5.41) is 9.40. The van der Waals surface area contributed by atoms with Crippen LogP contribution in [0.25, 0.3) is 0 Å². The molecule has 1 aromatic heterocycles. The molecule has 6 nitrogen and oxygen atoms in total. The normalized spacial score (nSPS) is 21.7. The summed E-state index contributed by atoms with van der Waals surface area (Å²) in [6, 6.07) is 2.57. The molecule has 1 amide bonds. The van der Waals surface area contributed by atoms with Crippen molar-refractivity contribution >= 4 is 23.5 Å². The summed E-state index contributed by atoms with van der Waals surface area (Å²) in [4.78, 5) is 29.0. The fourth-order valence-corrected chi connectivity index (χ4v) is 2.49. The highest BCUT2D eigenvalue weighted by Gasteiger charge is 2.39. The third-order valence-electron chi connectivity index (χ3n) is 3.34. The smallest absolute Gasteiger partial charge is 0.311 e. The molecular formula is C13H15ClN2O4. The van der Waals surface area contributed by atoms with E-state index in [0.29, 0.717) is 12.1 Å². The predicted molar refractivity (Wildman–Crippen MR) is 71.7 cm³/mol. The van der Waals surface area contributed by atoms with Gasteiger partial charge in [-0.3, -0.25) is 9.59 Å². The highest BCUT2D eigenvalue weighted by atomic mass is 35.5. The van der Waals surface area contributed by atoms with E-state index in [9.17, 15) is 14.7 Å². The fourth-order valence-electron chi connectivity index (χ4n) is 2.32. The van der Waals surface area contributed by atoms with Crippen LogP contribution < -0.4 is 0 Å². The molecule has 1 aliphatic rings. The van der Waals surface area contributed by atoms with E-state index in [4.69, 9.17) is 16.3 Å². The molecule has 2 heterocycles. The van der Waals surface area contributed by atoms with Gasteiger partial charge in [0.2, 0.25) is 0 Å². The van der Waals surface area contributed by atoms with E-state index in [0.717, 1.165) is 0 Å². The van der Waals surface area contributed by atoms with Crippen molar-refractivity contribution in [2.24, 2.45) is 5.92 Å². The SMILES string of the molecule is CCN(C(=O)c1ccnc(Cl)c1)C1COCC1C(=O)O. The molecule has 2 atom stereocenters. The first kappa shape index (κ1) is 14.7. The van der Waals surface area contributed by atoms with E-state index in [1.54, 1.807) is 13.0 Å². The highest BCUT2D eigenvalue weighted by Crippen LogP contribution is 2.22. The van der Waals surface area contributed by atoms with Gasteiger partial charge >= 0.3 is 5.97 Å². The summed E-state index contributed by atoms with van der Waals surface area (Å²) < 4.78 is 5.21. The van der Waals surface area contributed by atoms with Crippen LogP contribution in [0.15, 0.2) is 18.3 Å². The van der Waals surface area contributed by atoms with Gasteiger partial charge in [0, 0.05) is 18.3 Å². The zero-order chi connectivity index (χ0) is 14.7. The van der Waals surface area contributed by atoms with Crippen molar-refractivity contribution in [1.29, 1.82) is 0 Å². The number of carboxylic acids is 1. The van der Waals surface area contributed by atoms with E-state index >= 15 is 0 Å². The highest BCUT2D eigenvalue weighted by molar-refractivity contribution is 6.29. The van der Waals surface area contributed by atoms with Crippen molar-refractivity contribution in [2.45, 2.75) is 13.0 Å². The zero-order valence-electron chi connectivity index (χ0n) is 11.0. The molecule has 1 fully saturated rings. The van der Waals surface area contributed by atoms with Crippen LogP contribution in [0, 0.1) is 5.92 Å². The summed E-state index contributed by atoms with van der Waals surface area (Å²) in [5.74, 6) is -1.92. The third kappa shape index (κ3) is 2.91. The van der Waals surface area contributed by atoms with Gasteiger partial charge in [-0.1, -0.05) is 11.6 Å². The van der Waals surface area contributed by atoms with Gasteiger partial charge in [-0.15, -0.1) is 0 Å². The van der Waals surface area contributed by atoms with E-state index in [1.807, 2.05) is 0 Å². The number of ether oxygens (including phenoxy) is 1. The molecule has 0 spiro atoms. The second kappa shape index (κ2) is 6.19. The van der Waals surface area contributed by atoms with E-state index in [1.165, 1.54) is 17.2 Å². The van der Waals surface area contributed by atoms with E-state index in [-0.39, 0.29) is 24.3 Å². The second-order valence-corrected chi connectivity index (χ2v) is 4.90. The van der Waals surface area contributed by atoms with Crippen molar-refractivity contribution in [1.82, 2.24) is 9.88 Å². The molecular weight excluding hydrogens is 284 g/mol. The number of carbonyl (C=O) groups is 2. The standard InChI is InChI=1S/C13H15ClN2O4/c1-2-16(10-7-20-6-9(10)13(18)19)12(17)8-3-4-15-11(14)5-8/h3-5,9-10H,2,6-7H2,1H3,(H,18,19). The molecule has 20 heavy (non-hydrogen) atoms. The van der Waals surface area contributed by atoms with Crippen LogP contribution in [0.5, 0.6) is 0 Å². The minimum absolute atomic E-state index is 0.126. The quantitative estimate of drug-likeness (QED) is 0.848. The minimum Gasteiger partial charge on any atom is -0.481 e. The Labute approximate surface area is 121 Å². The Hall–Kier alpha value is -1.66. The van der Waals surface area contributed by atoms with Crippen LogP contribution in [0.3, 0.4) is 0 Å². The molecule has 1 aliphatic heterocycles. The minimum atomic E-state index is -0.952. The van der Waals surface area contributed by atoms with Crippen molar-refractivity contribution in [2.75, 3.05) is 19.8 Å². The van der Waals surface area contributed by atoms with Crippen molar-refractivity contribution in [3.05, 3.63) is 29.0 Å². The maximum Gasteiger partial charge on any atom is 0.311 e. The maximum absolute atomic E-state index is 12.5. The van der Waals surface area contributed by atoms with Crippen LogP contribution in [0.1, 0.15) is 17.3 Å². The number of hydrogen-bond acceptors (Lipinski definition) is 4. The molecule has 1 N–H and O–H groups in total. The summed E-state index contributed by atoms with van der Waals surface area (Å²) in [5.41, 5.74) is 0.392. The Balaban J connectivity index is 2.23. The number of hydrogen-bond donors (Lipinski definition) is 1. The van der Waals surface area contributed by atoms with Crippen molar-refractivity contribution < 1.29 is 19.4 Å². The molecule has 0 radical (unpaired) electrons. The number of nitrogens with zero attached hydrogens (tertiary/aromatic N) is 2. The topological polar surface area (TPSA) is 79.7 Å². The lowest BCUT2D eigenvalue weighted by molar-refractivity contribution is -0.142. The van der Waals surface area contributed by atoms with Crippen LogP contribution in [-0.2, 0) is 9.53 Å². The molecule has 1 saturated heterocycles. The number of rotatable bonds is 4. The zero-order valence-corrected chi connectivity index (χ0v) is 11.7. The third-order valence-corrected chi connectivity index (χ3v) is 3.55. The van der Waals surface area contributed by atoms with E-state index < -0.39 is 17.9 Å². The van der Waals surface area contributed by atoms with Gasteiger partial charge < -0.3 is 14.7 Å². The molecule has 108 valence electrons. The van der Waals surface area contributed by atoms with Crippen LogP contribution in [0.4, 0.5) is 0 Å². The number of halogens is 1. The van der Waals surface area contributed by atoms with Gasteiger partial charge in [-0.05, 0) is 19.1 Å². The molecule has 1 aromatic rings. The van der Waals surface area contributed by atoms with Gasteiger partial charge in [0.25, 0.3) is 5.91 Å². The summed E-state index contributed by atoms with van der Waals surface area (Å²) in [6.07, 6.45) is 1.45. The summed E-state index contributed by atoms with van der Waals surface area (Å²) in [7, 11) is 0. The number of pyridine rings is 1. The Bertz CT molecular complexity index is 523. The number of likely N-dealkylation sites (N-methyl/N-ethyl adjacent to an activating group) is 1. The first-order chi connectivity index (χ1) is 9.54. The monoisotopic (exact) mass is 298 g/mol. The number of aromatic nitrogens is 1. The van der Waals surface area contributed by atoms with Crippen LogP contribution in [-0.4, -0.2) is 52.7 Å². The van der Waals surface area contributed by atoms with Crippen LogP contribution in [0.2, 0.25) is 5.15 Å². The number of amides is 1. The second-order valence-electron chi connectivity index (χ2n) is 4.51. The first-order valence-electron chi connectivity index (χ1n) is 6.27. The Morgan fingerprint density at radius 3 is 2.90 bits per heavy atom. The molecule has 0 aliphatic carbocycles. The molecule has 2 unspecified atom stereocenters. The molecule has 0 aromatic carbocycles. The van der Waals surface area contributed by atoms with Crippen molar-refractivity contribution in [3.8, 4) is 0 Å². The predicted octanol–water partition coefficient (Wildman–Crippen LogP) is 1.30. The summed E-state index contributed by atoms with van der Waals surface area (Å²) in [6.45, 7) is 2.56. The van der Waals surface area contributed by atoms with Crippen LogP contribution >= 0.6 is 11.6 Å². The molecule has 0 bridgehead atoms. The number of aliphatic carboxylic acids is 1. The number of carboxylic acid groups (broad SMARTS) is 1. The first-order valence-corrected chi connectivity index (χ1v) is 6.65. The number of carbonyl (C=O) groups excluding carboxylic acids is 1. The Morgan fingerprint density at radius 1 is 1.55 bits per heavy atom. The fraction of sp³-hybridized carbons (Fsp3) is 0.462. The lowest BCUT2D eigenvalue weighted by Gasteiger charge is -2.29. The lowest BCUT2D eigenvalue weighted by Crippen LogP contribution is -2.46. The van der Waals surface area contributed by atoms with Crippen molar-refractivity contribution in [3.63, 3.8) is 0 Å². The van der Waals surface area contributed by atoms with Gasteiger partial charge in [0.1, 0.15) is 11.1 Å². The average molecular weight is 299 g/mol. The molecule has 0 saturated carbocycles. The maximum atomic E-state index is 12.5. The van der Waals surface area contributed by atoms with E-state index in [2.05, 4.69) is 4.98 Å². The molecule has 7 heteroatoms. The Kier molecular flexibility index (Phi) is 4.57. The largest absolute Gasteiger partial charge is 0.481 e. The summed E-state index contributed by atoms with van der Waals surface area (Å²) >= 11 is 5.77. The van der Waals surface area contributed by atoms with Gasteiger partial charge in [-0.2, -0.15) is 0 Å².